The maximum atomic E-state index is 3.45. The number of hydrogen-bond donors (Lipinski definition) is 2. The van der Waals surface area contributed by atoms with Gasteiger partial charge in [-0.2, -0.15) is 0 Å². The second kappa shape index (κ2) is 4.03. The van der Waals surface area contributed by atoms with Crippen molar-refractivity contribution in [1.29, 1.82) is 0 Å². The molecule has 0 aromatic rings. The Morgan fingerprint density at radius 1 is 1.00 bits per heavy atom. The third kappa shape index (κ3) is 4.63. The van der Waals surface area contributed by atoms with Gasteiger partial charge in [-0.3, -0.25) is 0 Å². The lowest BCUT2D eigenvalue weighted by Crippen LogP contribution is -2.57. The summed E-state index contributed by atoms with van der Waals surface area (Å²) >= 11 is 0. The van der Waals surface area contributed by atoms with Gasteiger partial charge in [0.1, 0.15) is 0 Å². The molecule has 9 heavy (non-hydrogen) atoms. The van der Waals surface area contributed by atoms with Gasteiger partial charge in [0.05, 0.1) is 0 Å². The molecule has 0 saturated heterocycles. The zero-order valence-corrected chi connectivity index (χ0v) is 7.91. The van der Waals surface area contributed by atoms with E-state index < -0.39 is 8.40 Å². The van der Waals surface area contributed by atoms with E-state index >= 15 is 0 Å². The monoisotopic (exact) mass is 146 g/mol. The second-order valence-electron chi connectivity index (χ2n) is 2.69. The highest BCUT2D eigenvalue weighted by molar-refractivity contribution is 6.72. The number of rotatable bonds is 4. The van der Waals surface area contributed by atoms with Crippen molar-refractivity contribution in [3.8, 4) is 0 Å². The first-order valence-corrected chi connectivity index (χ1v) is 6.62. The van der Waals surface area contributed by atoms with Crippen LogP contribution >= 0.6 is 0 Å². The predicted molar refractivity (Wildman–Crippen MR) is 44.8 cm³/mol. The predicted octanol–water partition coefficient (Wildman–Crippen LogP) is 0.907. The Balaban J connectivity index is 3.43. The van der Waals surface area contributed by atoms with Crippen LogP contribution in [0.3, 0.4) is 0 Å². The molecule has 2 N–H and O–H groups in total. The summed E-state index contributed by atoms with van der Waals surface area (Å²) in [4.78, 5) is 6.90. The van der Waals surface area contributed by atoms with E-state index in [1.807, 2.05) is 0 Å². The lowest BCUT2D eigenvalue weighted by molar-refractivity contribution is 0.865. The van der Waals surface area contributed by atoms with Crippen molar-refractivity contribution in [2.24, 2.45) is 0 Å². The largest absolute Gasteiger partial charge is 0.326 e. The summed E-state index contributed by atoms with van der Waals surface area (Å²) in [6, 6.07) is 0. The molecule has 0 heterocycles. The molecule has 0 atom stereocenters. The summed E-state index contributed by atoms with van der Waals surface area (Å²) in [7, 11) is -1.20. The molecule has 0 aliphatic carbocycles. The van der Waals surface area contributed by atoms with Crippen molar-refractivity contribution in [3.05, 3.63) is 0 Å². The van der Waals surface area contributed by atoms with Gasteiger partial charge < -0.3 is 9.96 Å². The summed E-state index contributed by atoms with van der Waals surface area (Å²) in [6.07, 6.45) is 0. The van der Waals surface area contributed by atoms with Crippen LogP contribution in [0.15, 0.2) is 0 Å². The maximum absolute atomic E-state index is 3.45. The Morgan fingerprint density at radius 3 is 1.56 bits per heavy atom. The Hall–Kier alpha value is 0.137. The van der Waals surface area contributed by atoms with Gasteiger partial charge >= 0.3 is 0 Å². The summed E-state index contributed by atoms with van der Waals surface area (Å²) in [5.74, 6) is 0. The average molecular weight is 146 g/mol. The molecule has 0 bridgehead atoms. The fourth-order valence-electron chi connectivity index (χ4n) is 0.946. The average Bonchev–Trinajstić information content (AvgIpc) is 1.64. The van der Waals surface area contributed by atoms with Crippen molar-refractivity contribution < 1.29 is 0 Å². The molecular formula is C6H18N2Si. The zero-order valence-electron chi connectivity index (χ0n) is 6.91. The van der Waals surface area contributed by atoms with Gasteiger partial charge in [0.2, 0.25) is 0 Å². The van der Waals surface area contributed by atoms with E-state index in [-0.39, 0.29) is 0 Å². The van der Waals surface area contributed by atoms with E-state index in [9.17, 15) is 0 Å². The van der Waals surface area contributed by atoms with Crippen LogP contribution in [0.4, 0.5) is 0 Å². The molecule has 3 heteroatoms. The Bertz CT molecular complexity index is 65.5. The minimum Gasteiger partial charge on any atom is -0.326 e. The molecule has 0 amide bonds. The minimum atomic E-state index is -1.20. The SMILES string of the molecule is CCN[Si](C)(C)NCC. The van der Waals surface area contributed by atoms with Crippen LogP contribution in [0.25, 0.3) is 0 Å². The fourth-order valence-corrected chi connectivity index (χ4v) is 2.84. The molecule has 0 aliphatic rings. The molecule has 0 aromatic carbocycles. The van der Waals surface area contributed by atoms with Crippen molar-refractivity contribution in [1.82, 2.24) is 9.96 Å². The van der Waals surface area contributed by atoms with Crippen molar-refractivity contribution in [2.75, 3.05) is 13.1 Å². The van der Waals surface area contributed by atoms with Crippen LogP contribution in [0, 0.1) is 0 Å². The normalized spacial score (nSPS) is 12.0. The van der Waals surface area contributed by atoms with Gasteiger partial charge in [-0.1, -0.05) is 13.8 Å². The molecule has 0 saturated carbocycles. The molecule has 2 nitrogen and oxygen atoms in total. The van der Waals surface area contributed by atoms with Crippen LogP contribution in [0.2, 0.25) is 13.1 Å². The molecule has 56 valence electrons. The first-order chi connectivity index (χ1) is 4.12. The summed E-state index contributed by atoms with van der Waals surface area (Å²) in [5.41, 5.74) is 0. The van der Waals surface area contributed by atoms with E-state index in [1.165, 1.54) is 0 Å². The topological polar surface area (TPSA) is 24.1 Å². The molecule has 0 radical (unpaired) electrons. The van der Waals surface area contributed by atoms with Gasteiger partial charge in [0.25, 0.3) is 0 Å². The van der Waals surface area contributed by atoms with Gasteiger partial charge in [-0.05, 0) is 26.2 Å². The van der Waals surface area contributed by atoms with Crippen molar-refractivity contribution in [3.63, 3.8) is 0 Å². The first kappa shape index (κ1) is 9.14. The van der Waals surface area contributed by atoms with Crippen LogP contribution in [0.1, 0.15) is 13.8 Å². The summed E-state index contributed by atoms with van der Waals surface area (Å²) < 4.78 is 0. The molecule has 0 unspecified atom stereocenters. The van der Waals surface area contributed by atoms with Gasteiger partial charge in [-0.15, -0.1) is 0 Å². The van der Waals surface area contributed by atoms with Gasteiger partial charge in [-0.25, -0.2) is 0 Å². The van der Waals surface area contributed by atoms with E-state index in [0.29, 0.717) is 0 Å². The quantitative estimate of drug-likeness (QED) is 0.576. The van der Waals surface area contributed by atoms with Crippen molar-refractivity contribution in [2.45, 2.75) is 26.9 Å². The Kier molecular flexibility index (Phi) is 4.09. The molecule has 0 spiro atoms. The highest BCUT2D eigenvalue weighted by Gasteiger charge is 2.16. The van der Waals surface area contributed by atoms with Crippen molar-refractivity contribution >= 4 is 8.40 Å². The zero-order chi connectivity index (χ0) is 7.33. The minimum absolute atomic E-state index is 1.08. The lowest BCUT2D eigenvalue weighted by atomic mass is 10.8. The van der Waals surface area contributed by atoms with Gasteiger partial charge in [0, 0.05) is 0 Å². The highest BCUT2D eigenvalue weighted by Crippen LogP contribution is 1.88. The lowest BCUT2D eigenvalue weighted by Gasteiger charge is -2.22. The smallest absolute Gasteiger partial charge is 0.195 e. The molecular weight excluding hydrogens is 128 g/mol. The molecule has 0 fully saturated rings. The molecule has 0 rings (SSSR count). The van der Waals surface area contributed by atoms with Crippen LogP contribution in [0.5, 0.6) is 0 Å². The highest BCUT2D eigenvalue weighted by atomic mass is 28.3. The Labute approximate surface area is 59.2 Å². The van der Waals surface area contributed by atoms with Crippen LogP contribution in [-0.2, 0) is 0 Å². The third-order valence-corrected chi connectivity index (χ3v) is 3.71. The standard InChI is InChI=1S/C6H18N2Si/c1-5-7-9(3,4)8-6-2/h7-8H,5-6H2,1-4H3. The maximum Gasteiger partial charge on any atom is 0.195 e. The molecule has 0 aliphatic heterocycles. The number of nitrogens with one attached hydrogen (secondary N) is 2. The first-order valence-electron chi connectivity index (χ1n) is 3.62. The van der Waals surface area contributed by atoms with E-state index in [0.717, 1.165) is 13.1 Å². The van der Waals surface area contributed by atoms with Crippen LogP contribution in [-0.4, -0.2) is 21.5 Å². The van der Waals surface area contributed by atoms with Crippen LogP contribution < -0.4 is 9.96 Å². The van der Waals surface area contributed by atoms with E-state index in [1.54, 1.807) is 0 Å². The summed E-state index contributed by atoms with van der Waals surface area (Å²) in [5, 5.41) is 0. The third-order valence-electron chi connectivity index (χ3n) is 1.24. The van der Waals surface area contributed by atoms with E-state index in [2.05, 4.69) is 36.9 Å². The van der Waals surface area contributed by atoms with E-state index in [4.69, 9.17) is 0 Å². The van der Waals surface area contributed by atoms with Gasteiger partial charge in [0.15, 0.2) is 8.40 Å². The molecule has 0 aromatic heterocycles. The second-order valence-corrected chi connectivity index (χ2v) is 6.64. The summed E-state index contributed by atoms with van der Waals surface area (Å²) in [6.45, 7) is 11.0. The number of hydrogen-bond acceptors (Lipinski definition) is 2. The fraction of sp³-hybridized carbons (Fsp3) is 1.00. The Morgan fingerprint density at radius 2 is 1.33 bits per heavy atom.